The van der Waals surface area contributed by atoms with Crippen LogP contribution >= 0.6 is 0 Å². The van der Waals surface area contributed by atoms with E-state index in [-0.39, 0.29) is 0 Å². The van der Waals surface area contributed by atoms with Crippen LogP contribution in [0.25, 0.3) is 0 Å². The van der Waals surface area contributed by atoms with Gasteiger partial charge < -0.3 is 9.84 Å². The molecule has 2 unspecified atom stereocenters. The molecule has 0 aromatic rings. The Hall–Kier alpha value is -0.0800. The van der Waals surface area contributed by atoms with E-state index in [0.29, 0.717) is 12.7 Å². The van der Waals surface area contributed by atoms with Crippen LogP contribution in [0.4, 0.5) is 0 Å². The fourth-order valence-electron chi connectivity index (χ4n) is 0.992. The van der Waals surface area contributed by atoms with Gasteiger partial charge in [-0.05, 0) is 26.7 Å². The van der Waals surface area contributed by atoms with Gasteiger partial charge in [-0.15, -0.1) is 0 Å². The molecule has 2 nitrogen and oxygen atoms in total. The first kappa shape index (κ1) is 7.03. The van der Waals surface area contributed by atoms with E-state index in [4.69, 9.17) is 4.74 Å². The predicted octanol–water partition coefficient (Wildman–Crippen LogP) is 0.936. The van der Waals surface area contributed by atoms with Crippen LogP contribution in [-0.2, 0) is 4.74 Å². The highest BCUT2D eigenvalue weighted by molar-refractivity contribution is 4.77. The van der Waals surface area contributed by atoms with Gasteiger partial charge in [0.05, 0.1) is 18.3 Å². The summed E-state index contributed by atoms with van der Waals surface area (Å²) in [6.07, 6.45) is 2.19. The first-order chi connectivity index (χ1) is 4.10. The molecule has 1 aliphatic rings. The van der Waals surface area contributed by atoms with Gasteiger partial charge in [0.2, 0.25) is 0 Å². The summed E-state index contributed by atoms with van der Waals surface area (Å²) in [4.78, 5) is 0. The van der Waals surface area contributed by atoms with Gasteiger partial charge in [0.25, 0.3) is 0 Å². The average Bonchev–Trinajstić information content (AvgIpc) is 1.78. The smallest absolute Gasteiger partial charge is 0.0853 e. The van der Waals surface area contributed by atoms with E-state index in [9.17, 15) is 5.11 Å². The summed E-state index contributed by atoms with van der Waals surface area (Å²) >= 11 is 0. The van der Waals surface area contributed by atoms with Gasteiger partial charge in [-0.2, -0.15) is 0 Å². The van der Waals surface area contributed by atoms with Crippen molar-refractivity contribution >= 4 is 0 Å². The summed E-state index contributed by atoms with van der Waals surface area (Å²) in [6.45, 7) is 4.35. The molecule has 1 saturated heterocycles. The molecule has 0 radical (unpaired) electrons. The number of aliphatic hydroxyl groups is 1. The highest BCUT2D eigenvalue weighted by atomic mass is 16.5. The highest BCUT2D eigenvalue weighted by Crippen LogP contribution is 2.21. The number of hydrogen-bond acceptors (Lipinski definition) is 2. The summed E-state index contributed by atoms with van der Waals surface area (Å²) < 4.78 is 5.24. The van der Waals surface area contributed by atoms with Crippen LogP contribution in [0.2, 0.25) is 0 Å². The van der Waals surface area contributed by atoms with Crippen LogP contribution in [0, 0.1) is 0 Å². The second-order valence-electron chi connectivity index (χ2n) is 3.16. The first-order valence-electron chi connectivity index (χ1n) is 3.44. The Morgan fingerprint density at radius 1 is 1.67 bits per heavy atom. The van der Waals surface area contributed by atoms with Crippen molar-refractivity contribution in [2.75, 3.05) is 6.61 Å². The highest BCUT2D eigenvalue weighted by Gasteiger charge is 2.26. The standard InChI is InChI=1S/C7H14O2/c1-6-3-4-7(2,8)5-9-6/h6,8H,3-5H2,1-2H3. The maximum absolute atomic E-state index is 9.37. The Kier molecular flexibility index (Phi) is 1.78. The molecular formula is C7H14O2. The molecule has 0 aliphatic carbocycles. The Bertz CT molecular complexity index is 89.1. The molecule has 0 aromatic carbocycles. The Labute approximate surface area is 55.8 Å². The lowest BCUT2D eigenvalue weighted by Crippen LogP contribution is -2.37. The molecule has 1 N–H and O–H groups in total. The van der Waals surface area contributed by atoms with Gasteiger partial charge in [0, 0.05) is 0 Å². The van der Waals surface area contributed by atoms with Gasteiger partial charge in [-0.1, -0.05) is 0 Å². The summed E-state index contributed by atoms with van der Waals surface area (Å²) in [5.41, 5.74) is -0.563. The molecule has 0 aromatic heterocycles. The lowest BCUT2D eigenvalue weighted by atomic mass is 9.97. The largest absolute Gasteiger partial charge is 0.388 e. The third-order valence-corrected chi connectivity index (χ3v) is 1.77. The lowest BCUT2D eigenvalue weighted by molar-refractivity contribution is -0.103. The molecule has 0 saturated carbocycles. The molecule has 2 heteroatoms. The summed E-state index contributed by atoms with van der Waals surface area (Å²) in [7, 11) is 0. The van der Waals surface area contributed by atoms with E-state index in [0.717, 1.165) is 12.8 Å². The zero-order valence-corrected chi connectivity index (χ0v) is 6.05. The SMILES string of the molecule is CC1CCC(C)(O)CO1. The van der Waals surface area contributed by atoms with Gasteiger partial charge in [-0.3, -0.25) is 0 Å². The van der Waals surface area contributed by atoms with Gasteiger partial charge in [0.1, 0.15) is 0 Å². The van der Waals surface area contributed by atoms with Crippen LogP contribution in [0.15, 0.2) is 0 Å². The molecule has 1 heterocycles. The van der Waals surface area contributed by atoms with Crippen LogP contribution in [-0.4, -0.2) is 23.4 Å². The molecule has 0 amide bonds. The third-order valence-electron chi connectivity index (χ3n) is 1.77. The topological polar surface area (TPSA) is 29.5 Å². The zero-order valence-electron chi connectivity index (χ0n) is 6.05. The normalized spacial score (nSPS) is 45.0. The van der Waals surface area contributed by atoms with E-state index in [1.54, 1.807) is 0 Å². The summed E-state index contributed by atoms with van der Waals surface area (Å²) in [6, 6.07) is 0. The minimum atomic E-state index is -0.563. The fraction of sp³-hybridized carbons (Fsp3) is 1.00. The molecule has 1 rings (SSSR count). The Balaban J connectivity index is 2.35. The molecule has 1 fully saturated rings. The summed E-state index contributed by atoms with van der Waals surface area (Å²) in [5, 5.41) is 9.37. The molecule has 9 heavy (non-hydrogen) atoms. The number of hydrogen-bond donors (Lipinski definition) is 1. The van der Waals surface area contributed by atoms with E-state index in [2.05, 4.69) is 0 Å². The fourth-order valence-corrected chi connectivity index (χ4v) is 0.992. The summed E-state index contributed by atoms with van der Waals surface area (Å²) in [5.74, 6) is 0. The van der Waals surface area contributed by atoms with Crippen molar-refractivity contribution in [1.82, 2.24) is 0 Å². The zero-order chi connectivity index (χ0) is 6.91. The van der Waals surface area contributed by atoms with E-state index in [1.165, 1.54) is 0 Å². The molecule has 54 valence electrons. The predicted molar refractivity (Wildman–Crippen MR) is 35.3 cm³/mol. The van der Waals surface area contributed by atoms with Crippen LogP contribution in [0.5, 0.6) is 0 Å². The maximum Gasteiger partial charge on any atom is 0.0853 e. The van der Waals surface area contributed by atoms with Crippen LogP contribution in [0.1, 0.15) is 26.7 Å². The van der Waals surface area contributed by atoms with Crippen LogP contribution in [0.3, 0.4) is 0 Å². The molecule has 2 atom stereocenters. The van der Waals surface area contributed by atoms with Crippen LogP contribution < -0.4 is 0 Å². The van der Waals surface area contributed by atoms with Gasteiger partial charge >= 0.3 is 0 Å². The number of ether oxygens (including phenoxy) is 1. The Morgan fingerprint density at radius 3 is 2.67 bits per heavy atom. The monoisotopic (exact) mass is 130 g/mol. The molecule has 1 aliphatic heterocycles. The molecule has 0 spiro atoms. The third kappa shape index (κ3) is 1.95. The second-order valence-corrected chi connectivity index (χ2v) is 3.16. The minimum absolute atomic E-state index is 0.338. The maximum atomic E-state index is 9.37. The van der Waals surface area contributed by atoms with Crippen molar-refractivity contribution in [2.45, 2.75) is 38.4 Å². The van der Waals surface area contributed by atoms with Crippen molar-refractivity contribution < 1.29 is 9.84 Å². The van der Waals surface area contributed by atoms with Crippen molar-refractivity contribution in [1.29, 1.82) is 0 Å². The van der Waals surface area contributed by atoms with Crippen molar-refractivity contribution in [3.8, 4) is 0 Å². The molecule has 0 bridgehead atoms. The van der Waals surface area contributed by atoms with Crippen molar-refractivity contribution in [2.24, 2.45) is 0 Å². The van der Waals surface area contributed by atoms with E-state index in [1.807, 2.05) is 13.8 Å². The number of rotatable bonds is 0. The van der Waals surface area contributed by atoms with Crippen molar-refractivity contribution in [3.05, 3.63) is 0 Å². The quantitative estimate of drug-likeness (QED) is 0.528. The van der Waals surface area contributed by atoms with Gasteiger partial charge in [-0.25, -0.2) is 0 Å². The van der Waals surface area contributed by atoms with E-state index >= 15 is 0 Å². The Morgan fingerprint density at radius 2 is 2.33 bits per heavy atom. The van der Waals surface area contributed by atoms with Gasteiger partial charge in [0.15, 0.2) is 0 Å². The lowest BCUT2D eigenvalue weighted by Gasteiger charge is -2.31. The minimum Gasteiger partial charge on any atom is -0.388 e. The second kappa shape index (κ2) is 2.27. The van der Waals surface area contributed by atoms with Crippen molar-refractivity contribution in [3.63, 3.8) is 0 Å². The molecular weight excluding hydrogens is 116 g/mol. The first-order valence-corrected chi connectivity index (χ1v) is 3.44. The average molecular weight is 130 g/mol. The van der Waals surface area contributed by atoms with E-state index < -0.39 is 5.60 Å².